The van der Waals surface area contributed by atoms with Crippen LogP contribution in [0.5, 0.6) is 5.06 Å². The van der Waals surface area contributed by atoms with Gasteiger partial charge in [-0.3, -0.25) is 0 Å². The van der Waals surface area contributed by atoms with E-state index in [-0.39, 0.29) is 0 Å². The quantitative estimate of drug-likeness (QED) is 0.639. The molecule has 2 rings (SSSR count). The fraction of sp³-hybridized carbons (Fsp3) is 0.200. The first kappa shape index (κ1) is 10.6. The first-order valence-corrected chi connectivity index (χ1v) is 6.60. The van der Waals surface area contributed by atoms with Crippen molar-refractivity contribution >= 4 is 56.6 Å². The van der Waals surface area contributed by atoms with Crippen molar-refractivity contribution in [3.05, 3.63) is 21.8 Å². The van der Waals surface area contributed by atoms with Gasteiger partial charge in [0.05, 0.1) is 6.61 Å². The highest BCUT2D eigenvalue weighted by Crippen LogP contribution is 2.36. The van der Waals surface area contributed by atoms with Gasteiger partial charge in [-0.2, -0.15) is 0 Å². The number of thiophene rings is 1. The molecule has 0 aliphatic rings. The molecule has 0 bridgehead atoms. The number of fused-ring (bicyclic) bond motifs is 1. The lowest BCUT2D eigenvalue weighted by molar-refractivity contribution is 0.350. The first-order chi connectivity index (χ1) is 6.72. The molecule has 74 valence electrons. The minimum Gasteiger partial charge on any atom is -0.484 e. The van der Waals surface area contributed by atoms with Gasteiger partial charge in [0.15, 0.2) is 5.06 Å². The Morgan fingerprint density at radius 2 is 2.29 bits per heavy atom. The third-order valence-electron chi connectivity index (χ3n) is 1.89. The summed E-state index contributed by atoms with van der Waals surface area (Å²) in [7, 11) is 0. The minimum absolute atomic E-state index is 0.714. The van der Waals surface area contributed by atoms with E-state index in [9.17, 15) is 0 Å². The van der Waals surface area contributed by atoms with Crippen LogP contribution in [-0.4, -0.2) is 6.61 Å². The van der Waals surface area contributed by atoms with Gasteiger partial charge >= 0.3 is 0 Å². The summed E-state index contributed by atoms with van der Waals surface area (Å²) < 4.78 is 7.88. The van der Waals surface area contributed by atoms with Crippen molar-refractivity contribution in [3.8, 4) is 5.06 Å². The standard InChI is InChI=1S/C10H9IOS2/c1-2-12-9-5-6-8(14-9)4-3-7(11)10(6)13/h3-5,13H,2H2,1H3. The second-order valence-electron chi connectivity index (χ2n) is 2.81. The highest BCUT2D eigenvalue weighted by atomic mass is 127. The zero-order valence-corrected chi connectivity index (χ0v) is 11.4. The number of halogens is 1. The largest absolute Gasteiger partial charge is 0.484 e. The topological polar surface area (TPSA) is 9.23 Å². The molecule has 0 unspecified atom stereocenters. The monoisotopic (exact) mass is 336 g/mol. The van der Waals surface area contributed by atoms with Crippen molar-refractivity contribution in [1.29, 1.82) is 0 Å². The van der Waals surface area contributed by atoms with Crippen LogP contribution in [0.4, 0.5) is 0 Å². The number of hydrogen-bond donors (Lipinski definition) is 1. The van der Waals surface area contributed by atoms with Crippen LogP contribution in [0.1, 0.15) is 6.92 Å². The molecule has 0 aliphatic carbocycles. The fourth-order valence-corrected chi connectivity index (χ4v) is 3.04. The van der Waals surface area contributed by atoms with Gasteiger partial charge in [0, 0.05) is 24.6 Å². The highest BCUT2D eigenvalue weighted by Gasteiger charge is 2.07. The zero-order valence-electron chi connectivity index (χ0n) is 7.58. The van der Waals surface area contributed by atoms with Crippen molar-refractivity contribution in [2.45, 2.75) is 11.8 Å². The lowest BCUT2D eigenvalue weighted by Crippen LogP contribution is -1.86. The Morgan fingerprint density at radius 3 is 3.00 bits per heavy atom. The average Bonchev–Trinajstić information content (AvgIpc) is 2.56. The molecule has 2 aromatic rings. The van der Waals surface area contributed by atoms with Crippen molar-refractivity contribution < 1.29 is 4.74 Å². The van der Waals surface area contributed by atoms with E-state index in [1.165, 1.54) is 13.7 Å². The summed E-state index contributed by atoms with van der Waals surface area (Å²) in [4.78, 5) is 1.05. The zero-order chi connectivity index (χ0) is 10.1. The second kappa shape index (κ2) is 4.28. The average molecular weight is 336 g/mol. The Balaban J connectivity index is 2.59. The van der Waals surface area contributed by atoms with Gasteiger partial charge in [0.2, 0.25) is 0 Å². The van der Waals surface area contributed by atoms with Crippen LogP contribution in [0.15, 0.2) is 23.1 Å². The number of benzene rings is 1. The first-order valence-electron chi connectivity index (χ1n) is 4.26. The molecule has 1 aromatic carbocycles. The molecule has 0 atom stereocenters. The van der Waals surface area contributed by atoms with Crippen molar-refractivity contribution in [1.82, 2.24) is 0 Å². The van der Waals surface area contributed by atoms with Gasteiger partial charge in [-0.25, -0.2) is 0 Å². The molecule has 1 aromatic heterocycles. The highest BCUT2D eigenvalue weighted by molar-refractivity contribution is 14.1. The third-order valence-corrected chi connectivity index (χ3v) is 4.71. The third kappa shape index (κ3) is 1.87. The second-order valence-corrected chi connectivity index (χ2v) is 5.46. The van der Waals surface area contributed by atoms with E-state index >= 15 is 0 Å². The number of thiol groups is 1. The molecule has 14 heavy (non-hydrogen) atoms. The molecule has 4 heteroatoms. The van der Waals surface area contributed by atoms with E-state index in [4.69, 9.17) is 4.74 Å². The summed E-state index contributed by atoms with van der Waals surface area (Å²) in [5, 5.41) is 2.16. The van der Waals surface area contributed by atoms with Crippen LogP contribution in [0.3, 0.4) is 0 Å². The fourth-order valence-electron chi connectivity index (χ4n) is 1.26. The molecule has 1 heterocycles. The normalized spacial score (nSPS) is 10.8. The van der Waals surface area contributed by atoms with Gasteiger partial charge < -0.3 is 4.74 Å². The number of ether oxygens (including phenoxy) is 1. The van der Waals surface area contributed by atoms with Crippen molar-refractivity contribution in [2.75, 3.05) is 6.61 Å². The van der Waals surface area contributed by atoms with Crippen LogP contribution in [0.25, 0.3) is 10.1 Å². The van der Waals surface area contributed by atoms with E-state index in [2.05, 4.69) is 53.4 Å². The lowest BCUT2D eigenvalue weighted by Gasteiger charge is -1.96. The maximum Gasteiger partial charge on any atom is 0.174 e. The molecule has 0 amide bonds. The predicted molar refractivity (Wildman–Crippen MR) is 73.0 cm³/mol. The Morgan fingerprint density at radius 1 is 1.50 bits per heavy atom. The van der Waals surface area contributed by atoms with Crippen LogP contribution >= 0.6 is 46.6 Å². The maximum atomic E-state index is 5.47. The summed E-state index contributed by atoms with van der Waals surface area (Å²) >= 11 is 8.45. The molecule has 0 aliphatic heterocycles. The summed E-state index contributed by atoms with van der Waals surface area (Å²) in [6.45, 7) is 2.71. The Bertz CT molecular complexity index is 464. The molecule has 0 N–H and O–H groups in total. The molecular formula is C10H9IOS2. The summed E-state index contributed by atoms with van der Waals surface area (Å²) in [5.41, 5.74) is 0. The van der Waals surface area contributed by atoms with Crippen LogP contribution in [-0.2, 0) is 0 Å². The van der Waals surface area contributed by atoms with E-state index in [1.54, 1.807) is 11.3 Å². The Hall–Kier alpha value is 0.0600. The molecular weight excluding hydrogens is 327 g/mol. The number of hydrogen-bond acceptors (Lipinski definition) is 3. The molecule has 1 nitrogen and oxygen atoms in total. The van der Waals surface area contributed by atoms with Crippen LogP contribution < -0.4 is 4.74 Å². The SMILES string of the molecule is CCOc1cc2c(S)c(I)ccc2s1. The van der Waals surface area contributed by atoms with Gasteiger partial charge in [-0.1, -0.05) is 11.3 Å². The molecule has 0 radical (unpaired) electrons. The maximum absolute atomic E-state index is 5.47. The van der Waals surface area contributed by atoms with E-state index in [0.717, 1.165) is 9.96 Å². The summed E-state index contributed by atoms with van der Waals surface area (Å²) in [6, 6.07) is 6.26. The van der Waals surface area contributed by atoms with Gasteiger partial charge in [0.1, 0.15) is 0 Å². The van der Waals surface area contributed by atoms with Gasteiger partial charge in [0.25, 0.3) is 0 Å². The van der Waals surface area contributed by atoms with E-state index in [0.29, 0.717) is 6.61 Å². The molecule has 0 spiro atoms. The van der Waals surface area contributed by atoms with Gasteiger partial charge in [-0.15, -0.1) is 12.6 Å². The Kier molecular flexibility index (Phi) is 3.23. The summed E-state index contributed by atoms with van der Waals surface area (Å²) in [5.74, 6) is 0. The van der Waals surface area contributed by atoms with Crippen molar-refractivity contribution in [2.24, 2.45) is 0 Å². The van der Waals surface area contributed by atoms with E-state index < -0.39 is 0 Å². The van der Waals surface area contributed by atoms with Crippen LogP contribution in [0.2, 0.25) is 0 Å². The van der Waals surface area contributed by atoms with Crippen LogP contribution in [0, 0.1) is 3.57 Å². The molecule has 0 fully saturated rings. The summed E-state index contributed by atoms with van der Waals surface area (Å²) in [6.07, 6.45) is 0. The lowest BCUT2D eigenvalue weighted by atomic mass is 10.3. The predicted octanol–water partition coefficient (Wildman–Crippen LogP) is 4.19. The van der Waals surface area contributed by atoms with Crippen molar-refractivity contribution in [3.63, 3.8) is 0 Å². The molecule has 0 saturated carbocycles. The minimum atomic E-state index is 0.714. The Labute approximate surface area is 106 Å². The smallest absolute Gasteiger partial charge is 0.174 e. The number of rotatable bonds is 2. The van der Waals surface area contributed by atoms with E-state index in [1.807, 2.05) is 6.92 Å². The molecule has 0 saturated heterocycles. The van der Waals surface area contributed by atoms with Gasteiger partial charge in [-0.05, 0) is 41.6 Å².